The number of nitrogens with one attached hydrogen (secondary N) is 2. The molecular weight excluding hydrogens is 360 g/mol. The number of nitrogens with zero attached hydrogens (tertiary/aromatic N) is 1. The molecule has 9 heteroatoms. The van der Waals surface area contributed by atoms with Gasteiger partial charge in [-0.25, -0.2) is 13.6 Å². The van der Waals surface area contributed by atoms with Crippen molar-refractivity contribution < 1.29 is 22.8 Å². The van der Waals surface area contributed by atoms with E-state index in [0.717, 1.165) is 12.1 Å². The van der Waals surface area contributed by atoms with Gasteiger partial charge in [-0.05, 0) is 24.3 Å². The quantitative estimate of drug-likeness (QED) is 0.689. The Morgan fingerprint density at radius 2 is 1.81 bits per heavy atom. The SMILES string of the molecule is O=C(CCn1c(=O)oc2ccccc21)NCC(=O)Nc1ccc(F)c(F)c1. The number of rotatable bonds is 6. The molecule has 0 spiro atoms. The molecule has 2 N–H and O–H groups in total. The first kappa shape index (κ1) is 18.3. The predicted molar refractivity (Wildman–Crippen MR) is 93.1 cm³/mol. The first-order chi connectivity index (χ1) is 12.9. The van der Waals surface area contributed by atoms with Gasteiger partial charge < -0.3 is 15.1 Å². The van der Waals surface area contributed by atoms with Crippen LogP contribution in [0.1, 0.15) is 6.42 Å². The van der Waals surface area contributed by atoms with Crippen molar-refractivity contribution in [3.63, 3.8) is 0 Å². The normalized spacial score (nSPS) is 10.7. The number of aryl methyl sites for hydroxylation is 1. The molecule has 3 rings (SSSR count). The lowest BCUT2D eigenvalue weighted by molar-refractivity contribution is -0.124. The van der Waals surface area contributed by atoms with Crippen molar-refractivity contribution >= 4 is 28.6 Å². The molecule has 0 aliphatic carbocycles. The number of oxazole rings is 1. The molecule has 3 aromatic rings. The van der Waals surface area contributed by atoms with E-state index in [1.165, 1.54) is 10.6 Å². The molecule has 2 amide bonds. The molecule has 0 saturated heterocycles. The molecule has 0 bridgehead atoms. The van der Waals surface area contributed by atoms with Crippen molar-refractivity contribution in [3.05, 3.63) is 64.6 Å². The summed E-state index contributed by atoms with van der Waals surface area (Å²) in [4.78, 5) is 35.5. The minimum absolute atomic E-state index is 0.0398. The molecule has 27 heavy (non-hydrogen) atoms. The standard InChI is InChI=1S/C18H15F2N3O4/c19-12-6-5-11(9-13(12)20)22-17(25)10-21-16(24)7-8-23-14-3-1-2-4-15(14)27-18(23)26/h1-6,9H,7-8,10H2,(H,21,24)(H,22,25). The highest BCUT2D eigenvalue weighted by Crippen LogP contribution is 2.13. The van der Waals surface area contributed by atoms with Gasteiger partial charge in [0.1, 0.15) is 0 Å². The van der Waals surface area contributed by atoms with Gasteiger partial charge in [0, 0.05) is 24.7 Å². The lowest BCUT2D eigenvalue weighted by Gasteiger charge is -2.07. The minimum atomic E-state index is -1.09. The third-order valence-corrected chi connectivity index (χ3v) is 3.79. The lowest BCUT2D eigenvalue weighted by atomic mass is 10.3. The van der Waals surface area contributed by atoms with Crippen molar-refractivity contribution in [2.45, 2.75) is 13.0 Å². The Balaban J connectivity index is 1.50. The highest BCUT2D eigenvalue weighted by Gasteiger charge is 2.12. The third-order valence-electron chi connectivity index (χ3n) is 3.79. The maximum absolute atomic E-state index is 13.1. The second-order valence-corrected chi connectivity index (χ2v) is 5.69. The number of amides is 2. The van der Waals surface area contributed by atoms with Gasteiger partial charge >= 0.3 is 5.76 Å². The van der Waals surface area contributed by atoms with Crippen LogP contribution in [0.2, 0.25) is 0 Å². The molecule has 0 aliphatic rings. The van der Waals surface area contributed by atoms with Crippen LogP contribution in [0.25, 0.3) is 11.1 Å². The van der Waals surface area contributed by atoms with E-state index in [0.29, 0.717) is 11.1 Å². The Bertz CT molecular complexity index is 1060. The van der Waals surface area contributed by atoms with Crippen molar-refractivity contribution in [1.29, 1.82) is 0 Å². The fraction of sp³-hybridized carbons (Fsp3) is 0.167. The largest absolute Gasteiger partial charge is 0.419 e. The Hall–Kier alpha value is -3.49. The highest BCUT2D eigenvalue weighted by atomic mass is 19.2. The van der Waals surface area contributed by atoms with Gasteiger partial charge in [-0.2, -0.15) is 0 Å². The monoisotopic (exact) mass is 375 g/mol. The number of para-hydroxylation sites is 2. The van der Waals surface area contributed by atoms with Gasteiger partial charge in [-0.15, -0.1) is 0 Å². The van der Waals surface area contributed by atoms with E-state index in [1.807, 2.05) is 0 Å². The zero-order valence-corrected chi connectivity index (χ0v) is 14.0. The van der Waals surface area contributed by atoms with Crippen molar-refractivity contribution in [2.24, 2.45) is 0 Å². The topological polar surface area (TPSA) is 93.3 Å². The summed E-state index contributed by atoms with van der Waals surface area (Å²) < 4.78 is 32.3. The number of anilines is 1. The Morgan fingerprint density at radius 3 is 2.59 bits per heavy atom. The van der Waals surface area contributed by atoms with E-state index in [2.05, 4.69) is 10.6 Å². The molecule has 2 aromatic carbocycles. The molecule has 0 aliphatic heterocycles. The highest BCUT2D eigenvalue weighted by molar-refractivity contribution is 5.94. The molecule has 140 valence electrons. The summed E-state index contributed by atoms with van der Waals surface area (Å²) in [5.41, 5.74) is 1.07. The van der Waals surface area contributed by atoms with Crippen LogP contribution in [0.4, 0.5) is 14.5 Å². The molecule has 1 heterocycles. The number of carbonyl (C=O) groups excluding carboxylic acids is 2. The van der Waals surface area contributed by atoms with Crippen LogP contribution < -0.4 is 16.4 Å². The van der Waals surface area contributed by atoms with Gasteiger partial charge in [-0.3, -0.25) is 14.2 Å². The van der Waals surface area contributed by atoms with Crippen molar-refractivity contribution in [1.82, 2.24) is 9.88 Å². The van der Waals surface area contributed by atoms with Gasteiger partial charge in [0.05, 0.1) is 12.1 Å². The van der Waals surface area contributed by atoms with E-state index in [-0.39, 0.29) is 25.2 Å². The number of halogens is 2. The second-order valence-electron chi connectivity index (χ2n) is 5.69. The van der Waals surface area contributed by atoms with Crippen LogP contribution in [0.5, 0.6) is 0 Å². The number of hydrogen-bond donors (Lipinski definition) is 2. The molecule has 0 saturated carbocycles. The number of carbonyl (C=O) groups is 2. The van der Waals surface area contributed by atoms with Crippen LogP contribution in [-0.4, -0.2) is 22.9 Å². The van der Waals surface area contributed by atoms with Crippen LogP contribution in [0.3, 0.4) is 0 Å². The predicted octanol–water partition coefficient (Wildman–Crippen LogP) is 2.02. The van der Waals surface area contributed by atoms with Crippen LogP contribution >= 0.6 is 0 Å². The van der Waals surface area contributed by atoms with Crippen LogP contribution in [0, 0.1) is 11.6 Å². The summed E-state index contributed by atoms with van der Waals surface area (Å²) in [6.45, 7) is -0.259. The molecule has 0 radical (unpaired) electrons. The number of fused-ring (bicyclic) bond motifs is 1. The van der Waals surface area contributed by atoms with Gasteiger partial charge in [0.2, 0.25) is 11.8 Å². The summed E-state index contributed by atoms with van der Waals surface area (Å²) >= 11 is 0. The van der Waals surface area contributed by atoms with E-state index in [9.17, 15) is 23.2 Å². The molecule has 0 fully saturated rings. The summed E-state index contributed by atoms with van der Waals surface area (Å²) in [6.07, 6.45) is -0.0398. The van der Waals surface area contributed by atoms with Crippen LogP contribution in [-0.2, 0) is 16.1 Å². The van der Waals surface area contributed by atoms with Gasteiger partial charge in [-0.1, -0.05) is 12.1 Å². The van der Waals surface area contributed by atoms with E-state index in [1.54, 1.807) is 24.3 Å². The average Bonchev–Trinajstić information content (AvgIpc) is 2.96. The fourth-order valence-corrected chi connectivity index (χ4v) is 2.49. The zero-order valence-electron chi connectivity index (χ0n) is 14.0. The number of benzene rings is 2. The second kappa shape index (κ2) is 7.81. The molecule has 0 unspecified atom stereocenters. The fourth-order valence-electron chi connectivity index (χ4n) is 2.49. The average molecular weight is 375 g/mol. The first-order valence-corrected chi connectivity index (χ1v) is 8.04. The molecule has 7 nitrogen and oxygen atoms in total. The van der Waals surface area contributed by atoms with E-state index >= 15 is 0 Å². The zero-order chi connectivity index (χ0) is 19.4. The Morgan fingerprint density at radius 1 is 1.04 bits per heavy atom. The van der Waals surface area contributed by atoms with Gasteiger partial charge in [0.15, 0.2) is 17.2 Å². The molecule has 1 aromatic heterocycles. The first-order valence-electron chi connectivity index (χ1n) is 8.04. The molecule has 0 atom stereocenters. The van der Waals surface area contributed by atoms with Crippen molar-refractivity contribution in [3.8, 4) is 0 Å². The van der Waals surface area contributed by atoms with E-state index < -0.39 is 29.2 Å². The van der Waals surface area contributed by atoms with Gasteiger partial charge in [0.25, 0.3) is 0 Å². The van der Waals surface area contributed by atoms with Crippen LogP contribution in [0.15, 0.2) is 51.7 Å². The van der Waals surface area contributed by atoms with E-state index in [4.69, 9.17) is 4.42 Å². The molecular formula is C18H15F2N3O4. The number of hydrogen-bond acceptors (Lipinski definition) is 4. The summed E-state index contributed by atoms with van der Waals surface area (Å²) in [5, 5.41) is 4.73. The minimum Gasteiger partial charge on any atom is -0.408 e. The smallest absolute Gasteiger partial charge is 0.408 e. The maximum Gasteiger partial charge on any atom is 0.419 e. The third kappa shape index (κ3) is 4.38. The summed E-state index contributed by atoms with van der Waals surface area (Å²) in [5.74, 6) is -3.73. The summed E-state index contributed by atoms with van der Waals surface area (Å²) in [6, 6.07) is 9.75. The maximum atomic E-state index is 13.1. The lowest BCUT2D eigenvalue weighted by Crippen LogP contribution is -2.33. The summed E-state index contributed by atoms with van der Waals surface area (Å²) in [7, 11) is 0. The Kier molecular flexibility index (Phi) is 5.30. The number of aromatic nitrogens is 1. The van der Waals surface area contributed by atoms with Crippen molar-refractivity contribution in [2.75, 3.05) is 11.9 Å². The Labute approximate surface area is 151 Å².